The van der Waals surface area contributed by atoms with E-state index in [0.29, 0.717) is 5.88 Å². The van der Waals surface area contributed by atoms with Gasteiger partial charge >= 0.3 is 0 Å². The van der Waals surface area contributed by atoms with Crippen LogP contribution in [0.4, 0.5) is 4.39 Å². The van der Waals surface area contributed by atoms with Gasteiger partial charge in [0.25, 0.3) is 0 Å². The van der Waals surface area contributed by atoms with Crippen molar-refractivity contribution in [3.63, 3.8) is 0 Å². The van der Waals surface area contributed by atoms with Crippen LogP contribution < -0.4 is 4.74 Å². The maximum atomic E-state index is 12.9. The van der Waals surface area contributed by atoms with E-state index in [-0.39, 0.29) is 0 Å². The van der Waals surface area contributed by atoms with Crippen LogP contribution in [0.2, 0.25) is 0 Å². The SMILES string of the molecule is Fc1ccc2c(n1)Oc1ccccc1C2. The molecule has 0 amide bonds. The summed E-state index contributed by atoms with van der Waals surface area (Å²) < 4.78 is 18.4. The van der Waals surface area contributed by atoms with Gasteiger partial charge in [0, 0.05) is 12.0 Å². The minimum atomic E-state index is -0.506. The van der Waals surface area contributed by atoms with Crippen LogP contribution in [0.15, 0.2) is 36.4 Å². The molecule has 2 heterocycles. The molecule has 0 N–H and O–H groups in total. The fraction of sp³-hybridized carbons (Fsp3) is 0.0833. The molecule has 74 valence electrons. The van der Waals surface area contributed by atoms with Gasteiger partial charge < -0.3 is 4.74 Å². The lowest BCUT2D eigenvalue weighted by molar-refractivity contribution is 0.425. The Labute approximate surface area is 86.3 Å². The van der Waals surface area contributed by atoms with Gasteiger partial charge in [-0.25, -0.2) is 0 Å². The second-order valence-corrected chi connectivity index (χ2v) is 3.48. The van der Waals surface area contributed by atoms with Gasteiger partial charge in [-0.2, -0.15) is 9.37 Å². The summed E-state index contributed by atoms with van der Waals surface area (Å²) in [6, 6.07) is 10.8. The first-order valence-electron chi connectivity index (χ1n) is 4.74. The fourth-order valence-corrected chi connectivity index (χ4v) is 1.73. The highest BCUT2D eigenvalue weighted by molar-refractivity contribution is 5.46. The molecule has 1 aliphatic rings. The standard InChI is InChI=1S/C12H8FNO/c13-11-6-5-9-7-8-3-1-2-4-10(8)15-12(9)14-11/h1-6H,7H2. The normalized spacial score (nSPS) is 12.6. The summed E-state index contributed by atoms with van der Waals surface area (Å²) in [7, 11) is 0. The van der Waals surface area contributed by atoms with Crippen molar-refractivity contribution in [3.8, 4) is 11.6 Å². The quantitative estimate of drug-likeness (QED) is 0.522. The fourth-order valence-electron chi connectivity index (χ4n) is 1.73. The van der Waals surface area contributed by atoms with Gasteiger partial charge in [-0.15, -0.1) is 0 Å². The van der Waals surface area contributed by atoms with Gasteiger partial charge in [0.1, 0.15) is 5.75 Å². The Bertz CT molecular complexity index is 525. The first-order valence-corrected chi connectivity index (χ1v) is 4.74. The van der Waals surface area contributed by atoms with E-state index in [0.717, 1.165) is 23.3 Å². The second kappa shape index (κ2) is 3.05. The molecule has 0 radical (unpaired) electrons. The van der Waals surface area contributed by atoms with Gasteiger partial charge in [0.05, 0.1) is 0 Å². The zero-order chi connectivity index (χ0) is 10.3. The largest absolute Gasteiger partial charge is 0.438 e. The van der Waals surface area contributed by atoms with Crippen LogP contribution in [0, 0.1) is 5.95 Å². The molecule has 15 heavy (non-hydrogen) atoms. The monoisotopic (exact) mass is 201 g/mol. The number of halogens is 1. The number of fused-ring (bicyclic) bond motifs is 2. The predicted octanol–water partition coefficient (Wildman–Crippen LogP) is 2.92. The van der Waals surface area contributed by atoms with Crippen molar-refractivity contribution < 1.29 is 9.13 Å². The van der Waals surface area contributed by atoms with E-state index in [4.69, 9.17) is 4.74 Å². The topological polar surface area (TPSA) is 22.1 Å². The van der Waals surface area contributed by atoms with Crippen LogP contribution >= 0.6 is 0 Å². The lowest BCUT2D eigenvalue weighted by Crippen LogP contribution is -2.05. The van der Waals surface area contributed by atoms with E-state index in [9.17, 15) is 4.39 Å². The highest BCUT2D eigenvalue weighted by atomic mass is 19.1. The molecule has 3 heteroatoms. The van der Waals surface area contributed by atoms with Crippen molar-refractivity contribution in [2.75, 3.05) is 0 Å². The number of benzene rings is 1. The first-order chi connectivity index (χ1) is 7.33. The molecule has 0 saturated carbocycles. The van der Waals surface area contributed by atoms with Crippen molar-refractivity contribution in [1.82, 2.24) is 4.98 Å². The summed E-state index contributed by atoms with van der Waals surface area (Å²) in [5.41, 5.74) is 2.04. The van der Waals surface area contributed by atoms with E-state index in [1.807, 2.05) is 24.3 Å². The van der Waals surface area contributed by atoms with Crippen LogP contribution in [0.25, 0.3) is 0 Å². The van der Waals surface area contributed by atoms with Crippen LogP contribution in [0.3, 0.4) is 0 Å². The molecule has 1 aromatic heterocycles. The van der Waals surface area contributed by atoms with Gasteiger partial charge in [0.2, 0.25) is 11.8 Å². The Hall–Kier alpha value is -1.90. The van der Waals surface area contributed by atoms with Crippen LogP contribution in [0.5, 0.6) is 11.6 Å². The average Bonchev–Trinajstić information content (AvgIpc) is 2.26. The minimum Gasteiger partial charge on any atom is -0.438 e. The average molecular weight is 201 g/mol. The zero-order valence-electron chi connectivity index (χ0n) is 7.90. The predicted molar refractivity (Wildman–Crippen MR) is 53.5 cm³/mol. The Morgan fingerprint density at radius 2 is 1.93 bits per heavy atom. The molecule has 0 bridgehead atoms. The number of hydrogen-bond donors (Lipinski definition) is 0. The number of ether oxygens (including phenoxy) is 1. The molecule has 0 fully saturated rings. The molecule has 3 rings (SSSR count). The van der Waals surface area contributed by atoms with Crippen molar-refractivity contribution in [3.05, 3.63) is 53.5 Å². The minimum absolute atomic E-state index is 0.383. The molecular formula is C12H8FNO. The van der Waals surface area contributed by atoms with E-state index in [1.165, 1.54) is 6.07 Å². The van der Waals surface area contributed by atoms with Gasteiger partial charge in [0.15, 0.2) is 0 Å². The molecular weight excluding hydrogens is 193 g/mol. The molecule has 0 saturated heterocycles. The van der Waals surface area contributed by atoms with E-state index in [1.54, 1.807) is 6.07 Å². The van der Waals surface area contributed by atoms with E-state index >= 15 is 0 Å². The highest BCUT2D eigenvalue weighted by Gasteiger charge is 2.17. The summed E-state index contributed by atoms with van der Waals surface area (Å²) in [6.07, 6.45) is 0.749. The Balaban J connectivity index is 2.11. The Morgan fingerprint density at radius 3 is 2.87 bits per heavy atom. The molecule has 0 unspecified atom stereocenters. The number of aromatic nitrogens is 1. The van der Waals surface area contributed by atoms with Crippen molar-refractivity contribution in [2.24, 2.45) is 0 Å². The van der Waals surface area contributed by atoms with Crippen molar-refractivity contribution >= 4 is 0 Å². The van der Waals surface area contributed by atoms with Crippen molar-refractivity contribution in [1.29, 1.82) is 0 Å². The number of para-hydroxylation sites is 1. The molecule has 0 aliphatic carbocycles. The number of rotatable bonds is 0. The summed E-state index contributed by atoms with van der Waals surface area (Å²) in [6.45, 7) is 0. The third kappa shape index (κ3) is 1.36. The van der Waals surface area contributed by atoms with Crippen molar-refractivity contribution in [2.45, 2.75) is 6.42 Å². The second-order valence-electron chi connectivity index (χ2n) is 3.48. The van der Waals surface area contributed by atoms with E-state index < -0.39 is 5.95 Å². The Kier molecular flexibility index (Phi) is 1.71. The van der Waals surface area contributed by atoms with Crippen LogP contribution in [0.1, 0.15) is 11.1 Å². The maximum Gasteiger partial charge on any atom is 0.225 e. The first kappa shape index (κ1) is 8.41. The summed E-state index contributed by atoms with van der Waals surface area (Å²) in [5, 5.41) is 0. The molecule has 2 aromatic rings. The lowest BCUT2D eigenvalue weighted by atomic mass is 10.0. The highest BCUT2D eigenvalue weighted by Crippen LogP contribution is 2.34. The van der Waals surface area contributed by atoms with Gasteiger partial charge in [-0.1, -0.05) is 18.2 Å². The smallest absolute Gasteiger partial charge is 0.225 e. The lowest BCUT2D eigenvalue weighted by Gasteiger charge is -2.18. The van der Waals surface area contributed by atoms with E-state index in [2.05, 4.69) is 4.98 Å². The molecule has 2 nitrogen and oxygen atoms in total. The molecule has 0 atom stereocenters. The molecule has 0 spiro atoms. The maximum absolute atomic E-state index is 12.9. The number of nitrogens with zero attached hydrogens (tertiary/aromatic N) is 1. The third-order valence-corrected chi connectivity index (χ3v) is 2.47. The summed E-state index contributed by atoms with van der Waals surface area (Å²) in [4.78, 5) is 3.72. The summed E-state index contributed by atoms with van der Waals surface area (Å²) >= 11 is 0. The Morgan fingerprint density at radius 1 is 1.07 bits per heavy atom. The third-order valence-electron chi connectivity index (χ3n) is 2.47. The summed E-state index contributed by atoms with van der Waals surface area (Å²) in [5.74, 6) is 0.643. The number of pyridine rings is 1. The zero-order valence-corrected chi connectivity index (χ0v) is 7.90. The number of hydrogen-bond acceptors (Lipinski definition) is 2. The van der Waals surface area contributed by atoms with Crippen LogP contribution in [-0.4, -0.2) is 4.98 Å². The molecule has 1 aromatic carbocycles. The van der Waals surface area contributed by atoms with Gasteiger partial charge in [-0.3, -0.25) is 0 Å². The van der Waals surface area contributed by atoms with Gasteiger partial charge in [-0.05, 0) is 23.8 Å². The van der Waals surface area contributed by atoms with Crippen LogP contribution in [-0.2, 0) is 6.42 Å². The molecule has 1 aliphatic heterocycles.